The highest BCUT2D eigenvalue weighted by Crippen LogP contribution is 2.31. The molecule has 3 aromatic rings. The third kappa shape index (κ3) is 4.47. The smallest absolute Gasteiger partial charge is 0.130 e. The molecule has 0 radical (unpaired) electrons. The normalized spacial score (nSPS) is 14.7. The fourth-order valence-electron chi connectivity index (χ4n) is 3.88. The van der Waals surface area contributed by atoms with Gasteiger partial charge in [0.1, 0.15) is 11.6 Å². The van der Waals surface area contributed by atoms with E-state index in [0.29, 0.717) is 41.1 Å². The molecule has 2 heterocycles. The van der Waals surface area contributed by atoms with Crippen LogP contribution in [0.4, 0.5) is 8.78 Å². The molecule has 0 bridgehead atoms. The van der Waals surface area contributed by atoms with Gasteiger partial charge in [0.05, 0.1) is 24.4 Å². The minimum Gasteiger partial charge on any atom is -0.381 e. The van der Waals surface area contributed by atoms with Crippen LogP contribution in [0.2, 0.25) is 0 Å². The molecule has 2 aromatic carbocycles. The van der Waals surface area contributed by atoms with Crippen LogP contribution in [0.1, 0.15) is 31.0 Å². The first-order valence-electron chi connectivity index (χ1n) is 10.4. The lowest BCUT2D eigenvalue weighted by Crippen LogP contribution is -2.07. The number of ether oxygens (including phenoxy) is 1. The van der Waals surface area contributed by atoms with E-state index in [1.165, 1.54) is 23.9 Å². The summed E-state index contributed by atoms with van der Waals surface area (Å²) in [5, 5.41) is 8.44. The third-order valence-electron chi connectivity index (χ3n) is 5.66. The standard InChI is InChI=1S/C26H24F2N2O/c1-2-18(16-29)25-9-7-19-4-3-5-21(26(19)30-25)20-14-23(27)22(24(28)15-20)8-6-17-10-12-31-13-11-17/h2-7,9,14-16,29H,8,10-13H2,1H3/b18-2+,29-16?. The maximum absolute atomic E-state index is 14.9. The topological polar surface area (TPSA) is 46.0 Å². The van der Waals surface area contributed by atoms with Gasteiger partial charge in [-0.15, -0.1) is 0 Å². The van der Waals surface area contributed by atoms with Crippen molar-refractivity contribution in [2.75, 3.05) is 13.2 Å². The molecular formula is C26H24F2N2O. The highest BCUT2D eigenvalue weighted by Gasteiger charge is 2.15. The summed E-state index contributed by atoms with van der Waals surface area (Å²) in [6, 6.07) is 12.1. The zero-order chi connectivity index (χ0) is 21.8. The van der Waals surface area contributed by atoms with Gasteiger partial charge in [0.25, 0.3) is 0 Å². The summed E-state index contributed by atoms with van der Waals surface area (Å²) >= 11 is 0. The molecule has 0 spiro atoms. The fourth-order valence-corrected chi connectivity index (χ4v) is 3.88. The van der Waals surface area contributed by atoms with E-state index in [4.69, 9.17) is 10.1 Å². The summed E-state index contributed by atoms with van der Waals surface area (Å²) in [6.45, 7) is 3.18. The van der Waals surface area contributed by atoms with Crippen LogP contribution in [0.3, 0.4) is 0 Å². The zero-order valence-corrected chi connectivity index (χ0v) is 17.4. The molecule has 4 rings (SSSR count). The highest BCUT2D eigenvalue weighted by molar-refractivity contribution is 6.08. The number of pyridine rings is 1. The Labute approximate surface area is 180 Å². The number of hydrogen-bond donors (Lipinski definition) is 1. The van der Waals surface area contributed by atoms with Crippen molar-refractivity contribution in [3.8, 4) is 11.1 Å². The summed E-state index contributed by atoms with van der Waals surface area (Å²) in [6.07, 6.45) is 6.84. The Kier molecular flexibility index (Phi) is 6.33. The van der Waals surface area contributed by atoms with E-state index in [0.717, 1.165) is 18.2 Å². The van der Waals surface area contributed by atoms with Gasteiger partial charge in [0.2, 0.25) is 0 Å². The molecule has 0 saturated carbocycles. The number of allylic oxidation sites excluding steroid dienone is 3. The number of rotatable bonds is 5. The van der Waals surface area contributed by atoms with E-state index < -0.39 is 11.6 Å². The van der Waals surface area contributed by atoms with Crippen molar-refractivity contribution in [2.45, 2.75) is 26.2 Å². The van der Waals surface area contributed by atoms with E-state index in [-0.39, 0.29) is 12.0 Å². The predicted octanol–water partition coefficient (Wildman–Crippen LogP) is 6.51. The van der Waals surface area contributed by atoms with Crippen molar-refractivity contribution in [1.29, 1.82) is 5.41 Å². The Balaban J connectivity index is 1.74. The van der Waals surface area contributed by atoms with Crippen LogP contribution in [0.5, 0.6) is 0 Å². The van der Waals surface area contributed by atoms with Crippen molar-refractivity contribution >= 4 is 22.7 Å². The maximum Gasteiger partial charge on any atom is 0.130 e. The Morgan fingerprint density at radius 2 is 1.84 bits per heavy atom. The number of hydrogen-bond acceptors (Lipinski definition) is 3. The Morgan fingerprint density at radius 1 is 1.10 bits per heavy atom. The minimum atomic E-state index is -0.555. The second kappa shape index (κ2) is 9.31. The van der Waals surface area contributed by atoms with Gasteiger partial charge in [-0.1, -0.05) is 42.0 Å². The van der Waals surface area contributed by atoms with Crippen molar-refractivity contribution in [1.82, 2.24) is 4.98 Å². The molecule has 158 valence electrons. The SMILES string of the molecule is C/C=C(\C=N)c1ccc2cccc(-c3cc(F)c(CC=C4CCOCC4)c(F)c3)c2n1. The maximum atomic E-state index is 14.9. The van der Waals surface area contributed by atoms with Crippen LogP contribution in [0.25, 0.3) is 27.6 Å². The molecule has 1 aliphatic heterocycles. The highest BCUT2D eigenvalue weighted by atomic mass is 19.1. The van der Waals surface area contributed by atoms with Crippen LogP contribution in [-0.4, -0.2) is 24.4 Å². The second-order valence-corrected chi connectivity index (χ2v) is 7.56. The average molecular weight is 418 g/mol. The van der Waals surface area contributed by atoms with Crippen molar-refractivity contribution in [3.05, 3.63) is 83.1 Å². The molecule has 0 amide bonds. The molecular weight excluding hydrogens is 394 g/mol. The Morgan fingerprint density at radius 3 is 2.52 bits per heavy atom. The first kappa shape index (κ1) is 21.1. The van der Waals surface area contributed by atoms with Crippen LogP contribution in [0, 0.1) is 17.0 Å². The number of nitrogens with one attached hydrogen (secondary N) is 1. The molecule has 0 unspecified atom stereocenters. The van der Waals surface area contributed by atoms with E-state index >= 15 is 0 Å². The van der Waals surface area contributed by atoms with Gasteiger partial charge in [0, 0.05) is 28.3 Å². The Bertz CT molecular complexity index is 1170. The molecule has 1 saturated heterocycles. The van der Waals surface area contributed by atoms with E-state index in [1.54, 1.807) is 0 Å². The minimum absolute atomic E-state index is 0.0802. The number of halogens is 2. The summed E-state index contributed by atoms with van der Waals surface area (Å²) < 4.78 is 35.2. The number of aromatic nitrogens is 1. The number of para-hydroxylation sites is 1. The first-order valence-corrected chi connectivity index (χ1v) is 10.4. The lowest BCUT2D eigenvalue weighted by Gasteiger charge is -2.15. The van der Waals surface area contributed by atoms with Crippen LogP contribution in [-0.2, 0) is 11.2 Å². The van der Waals surface area contributed by atoms with Crippen molar-refractivity contribution in [2.24, 2.45) is 0 Å². The third-order valence-corrected chi connectivity index (χ3v) is 5.66. The predicted molar refractivity (Wildman–Crippen MR) is 121 cm³/mol. The average Bonchev–Trinajstić information content (AvgIpc) is 2.79. The molecule has 1 fully saturated rings. The summed E-state index contributed by atoms with van der Waals surface area (Å²) in [7, 11) is 0. The van der Waals surface area contributed by atoms with E-state index in [9.17, 15) is 8.78 Å². The monoisotopic (exact) mass is 418 g/mol. The van der Waals surface area contributed by atoms with Crippen LogP contribution in [0.15, 0.2) is 60.2 Å². The lowest BCUT2D eigenvalue weighted by molar-refractivity contribution is 0.119. The van der Waals surface area contributed by atoms with Gasteiger partial charge in [-0.3, -0.25) is 0 Å². The van der Waals surface area contributed by atoms with Gasteiger partial charge in [-0.2, -0.15) is 0 Å². The number of benzene rings is 2. The van der Waals surface area contributed by atoms with Crippen LogP contribution < -0.4 is 0 Å². The lowest BCUT2D eigenvalue weighted by atomic mass is 9.97. The number of nitrogens with zero attached hydrogens (tertiary/aromatic N) is 1. The zero-order valence-electron chi connectivity index (χ0n) is 17.4. The van der Waals surface area contributed by atoms with E-state index in [1.807, 2.05) is 49.4 Å². The molecule has 31 heavy (non-hydrogen) atoms. The van der Waals surface area contributed by atoms with Crippen molar-refractivity contribution in [3.63, 3.8) is 0 Å². The van der Waals surface area contributed by atoms with Gasteiger partial charge in [-0.05, 0) is 49.9 Å². The molecule has 3 nitrogen and oxygen atoms in total. The van der Waals surface area contributed by atoms with Gasteiger partial charge >= 0.3 is 0 Å². The summed E-state index contributed by atoms with van der Waals surface area (Å²) in [5.41, 5.74) is 4.36. The van der Waals surface area contributed by atoms with Gasteiger partial charge in [-0.25, -0.2) is 13.8 Å². The molecule has 5 heteroatoms. The molecule has 1 aliphatic rings. The molecule has 0 atom stereocenters. The van der Waals surface area contributed by atoms with Crippen molar-refractivity contribution < 1.29 is 13.5 Å². The van der Waals surface area contributed by atoms with Gasteiger partial charge in [0.15, 0.2) is 0 Å². The summed E-state index contributed by atoms with van der Waals surface area (Å²) in [4.78, 5) is 4.69. The van der Waals surface area contributed by atoms with E-state index in [2.05, 4.69) is 4.98 Å². The first-order chi connectivity index (χ1) is 15.1. The summed E-state index contributed by atoms with van der Waals surface area (Å²) in [5.74, 6) is -1.11. The number of fused-ring (bicyclic) bond motifs is 1. The van der Waals surface area contributed by atoms with Crippen LogP contribution >= 0.6 is 0 Å². The van der Waals surface area contributed by atoms with Gasteiger partial charge < -0.3 is 10.1 Å². The molecule has 1 N–H and O–H groups in total. The quantitative estimate of drug-likeness (QED) is 0.379. The Hall–Kier alpha value is -3.18. The molecule has 0 aliphatic carbocycles. The fraction of sp³-hybridized carbons (Fsp3) is 0.231. The molecule has 1 aromatic heterocycles. The largest absolute Gasteiger partial charge is 0.381 e. The second-order valence-electron chi connectivity index (χ2n) is 7.56.